The normalized spacial score (nSPS) is 36.9. The van der Waals surface area contributed by atoms with Crippen LogP contribution in [-0.4, -0.2) is 80.6 Å². The molecule has 5 rings (SSSR count). The van der Waals surface area contributed by atoms with Gasteiger partial charge in [-0.25, -0.2) is 0 Å². The van der Waals surface area contributed by atoms with E-state index in [4.69, 9.17) is 4.74 Å². The van der Waals surface area contributed by atoms with Gasteiger partial charge >= 0.3 is 5.97 Å². The van der Waals surface area contributed by atoms with Crippen LogP contribution in [0.15, 0.2) is 24.3 Å². The fourth-order valence-corrected chi connectivity index (χ4v) is 9.13. The Balaban J connectivity index is 1.60. The molecule has 3 fully saturated rings. The van der Waals surface area contributed by atoms with Crippen LogP contribution in [-0.2, 0) is 19.1 Å². The number of carbonyl (C=O) groups is 3. The van der Waals surface area contributed by atoms with E-state index in [9.17, 15) is 19.5 Å². The number of amides is 2. The highest BCUT2D eigenvalue weighted by molar-refractivity contribution is 8.02. The molecule has 0 aromatic heterocycles. The first-order valence-corrected chi connectivity index (χ1v) is 14.7. The zero-order chi connectivity index (χ0) is 25.4. The van der Waals surface area contributed by atoms with E-state index in [1.165, 1.54) is 6.42 Å². The molecule has 4 aliphatic heterocycles. The van der Waals surface area contributed by atoms with Gasteiger partial charge in [-0.1, -0.05) is 57.4 Å². The van der Waals surface area contributed by atoms with E-state index >= 15 is 0 Å². The minimum Gasteiger partial charge on any atom is -0.465 e. The van der Waals surface area contributed by atoms with Crippen molar-refractivity contribution in [1.29, 1.82) is 0 Å². The number of rotatable bonds is 5. The molecule has 8 heteroatoms. The first-order valence-electron chi connectivity index (χ1n) is 13.8. The third-order valence-corrected chi connectivity index (χ3v) is 10.4. The van der Waals surface area contributed by atoms with E-state index in [0.29, 0.717) is 19.6 Å². The van der Waals surface area contributed by atoms with E-state index in [1.807, 2.05) is 4.90 Å². The molecular formula is C28H40N2O5S. The quantitative estimate of drug-likeness (QED) is 0.446. The second-order valence-electron chi connectivity index (χ2n) is 11.5. The lowest BCUT2D eigenvalue weighted by atomic mass is 9.78. The fraction of sp³-hybridized carbons (Fsp3) is 0.750. The van der Waals surface area contributed by atoms with Crippen molar-refractivity contribution in [2.75, 3.05) is 19.8 Å². The maximum absolute atomic E-state index is 14.5. The van der Waals surface area contributed by atoms with Crippen molar-refractivity contribution in [1.82, 2.24) is 9.80 Å². The number of hydrogen-bond donors (Lipinski definition) is 1. The number of likely N-dealkylation sites (tertiary alicyclic amines) is 1. The molecular weight excluding hydrogens is 476 g/mol. The lowest BCUT2D eigenvalue weighted by Gasteiger charge is -2.41. The molecule has 0 aromatic carbocycles. The summed E-state index contributed by atoms with van der Waals surface area (Å²) in [5.41, 5.74) is 0. The van der Waals surface area contributed by atoms with Crippen molar-refractivity contribution < 1.29 is 24.2 Å². The Hall–Kier alpha value is -1.80. The molecule has 1 unspecified atom stereocenters. The number of nitrogens with zero attached hydrogens (tertiary/aromatic N) is 2. The Morgan fingerprint density at radius 2 is 1.89 bits per heavy atom. The number of ether oxygens (including phenoxy) is 1. The summed E-state index contributed by atoms with van der Waals surface area (Å²) in [7, 11) is 0. The Kier molecular flexibility index (Phi) is 7.55. The van der Waals surface area contributed by atoms with Crippen molar-refractivity contribution in [2.24, 2.45) is 17.8 Å². The molecule has 4 heterocycles. The first kappa shape index (κ1) is 25.8. The van der Waals surface area contributed by atoms with Crippen molar-refractivity contribution >= 4 is 29.5 Å². The smallest absolute Gasteiger partial charge is 0.311 e. The van der Waals surface area contributed by atoms with Gasteiger partial charge in [-0.15, -0.1) is 11.8 Å². The summed E-state index contributed by atoms with van der Waals surface area (Å²) in [5.74, 6) is -1.63. The van der Waals surface area contributed by atoms with Crippen LogP contribution in [0.1, 0.15) is 65.2 Å². The molecule has 36 heavy (non-hydrogen) atoms. The molecule has 5 aliphatic rings. The van der Waals surface area contributed by atoms with Gasteiger partial charge in [-0.05, 0) is 38.0 Å². The third-order valence-electron chi connectivity index (χ3n) is 8.68. The van der Waals surface area contributed by atoms with Gasteiger partial charge in [-0.2, -0.15) is 0 Å². The van der Waals surface area contributed by atoms with Crippen molar-refractivity contribution in [3.05, 3.63) is 24.3 Å². The average molecular weight is 517 g/mol. The van der Waals surface area contributed by atoms with Crippen molar-refractivity contribution in [2.45, 2.75) is 93.3 Å². The topological polar surface area (TPSA) is 87.2 Å². The summed E-state index contributed by atoms with van der Waals surface area (Å²) < 4.78 is 4.79. The van der Waals surface area contributed by atoms with Crippen LogP contribution in [0.25, 0.3) is 0 Å². The molecule has 1 saturated carbocycles. The molecule has 7 nitrogen and oxygen atoms in total. The van der Waals surface area contributed by atoms with Gasteiger partial charge in [0.25, 0.3) is 0 Å². The van der Waals surface area contributed by atoms with E-state index in [0.717, 1.165) is 38.5 Å². The molecule has 2 amide bonds. The summed E-state index contributed by atoms with van der Waals surface area (Å²) >= 11 is 1.59. The third kappa shape index (κ3) is 4.32. The number of aliphatic hydroxyl groups is 1. The minimum atomic E-state index is -0.847. The van der Waals surface area contributed by atoms with Gasteiger partial charge in [0.1, 0.15) is 6.04 Å². The number of fused-ring (bicyclic) bond motifs is 2. The van der Waals surface area contributed by atoms with E-state index in [2.05, 4.69) is 38.2 Å². The molecule has 198 valence electrons. The SMILES string of the molecule is CC(C)C[C@H](CO)N1C(=O)[C@@H]2[C@H]3C(=O)OCCC/C=C\[C@H]3S[C@@]23C=CCN(C2CCCCC2)C(=O)C13. The standard InChI is InChI=1S/C28H40N2O5S/c1-18(2)16-20(17-31)30-24-26(33)29(19-10-5-3-6-11-19)14-9-13-28(24)23(25(30)32)22-21(36-28)12-7-4-8-15-35-27(22)34/h7,9,12-13,18-24,31H,3-6,8,10-11,14-17H2,1-2H3/b12-7-/t20-,21-,22+,23+,24?,28+/m1/s1. The second-order valence-corrected chi connectivity index (χ2v) is 13.0. The summed E-state index contributed by atoms with van der Waals surface area (Å²) in [6.45, 7) is 4.80. The number of aliphatic hydroxyl groups excluding tert-OH is 1. The van der Waals surface area contributed by atoms with Crippen LogP contribution in [0.5, 0.6) is 0 Å². The second kappa shape index (κ2) is 10.5. The van der Waals surface area contributed by atoms with Gasteiger partial charge in [-0.3, -0.25) is 14.4 Å². The highest BCUT2D eigenvalue weighted by Gasteiger charge is 2.71. The fourth-order valence-electron chi connectivity index (χ4n) is 7.14. The summed E-state index contributed by atoms with van der Waals surface area (Å²) in [6.07, 6.45) is 15.9. The lowest BCUT2D eigenvalue weighted by molar-refractivity contribution is -0.153. The van der Waals surface area contributed by atoms with Crippen molar-refractivity contribution in [3.63, 3.8) is 0 Å². The molecule has 1 aliphatic carbocycles. The van der Waals surface area contributed by atoms with E-state index < -0.39 is 28.7 Å². The number of carbonyl (C=O) groups excluding carboxylic acids is 3. The summed E-state index contributed by atoms with van der Waals surface area (Å²) in [5, 5.41) is 10.2. The predicted octanol–water partition coefficient (Wildman–Crippen LogP) is 3.32. The van der Waals surface area contributed by atoms with Crippen LogP contribution >= 0.6 is 11.8 Å². The monoisotopic (exact) mass is 516 g/mol. The zero-order valence-electron chi connectivity index (χ0n) is 21.5. The number of cyclic esters (lactones) is 1. The molecule has 0 bridgehead atoms. The lowest BCUT2D eigenvalue weighted by Crippen LogP contribution is -2.58. The van der Waals surface area contributed by atoms with Crippen LogP contribution in [0.4, 0.5) is 0 Å². The molecule has 1 N–H and O–H groups in total. The van der Waals surface area contributed by atoms with Crippen LogP contribution in [0, 0.1) is 17.8 Å². The van der Waals surface area contributed by atoms with Crippen molar-refractivity contribution in [3.8, 4) is 0 Å². The molecule has 2 saturated heterocycles. The van der Waals surface area contributed by atoms with Gasteiger partial charge < -0.3 is 19.6 Å². The maximum atomic E-state index is 14.5. The maximum Gasteiger partial charge on any atom is 0.311 e. The van der Waals surface area contributed by atoms with Crippen LogP contribution < -0.4 is 0 Å². The number of esters is 1. The van der Waals surface area contributed by atoms with Gasteiger partial charge in [0.15, 0.2) is 0 Å². The van der Waals surface area contributed by atoms with E-state index in [1.54, 1.807) is 16.7 Å². The highest BCUT2D eigenvalue weighted by atomic mass is 32.2. The minimum absolute atomic E-state index is 0.0266. The van der Waals surface area contributed by atoms with Crippen LogP contribution in [0.2, 0.25) is 0 Å². The number of allylic oxidation sites excluding steroid dienone is 1. The zero-order valence-corrected chi connectivity index (χ0v) is 22.3. The predicted molar refractivity (Wildman–Crippen MR) is 139 cm³/mol. The Bertz CT molecular complexity index is 929. The largest absolute Gasteiger partial charge is 0.465 e. The highest BCUT2D eigenvalue weighted by Crippen LogP contribution is 2.61. The molecule has 6 atom stereocenters. The molecule has 0 radical (unpaired) electrons. The van der Waals surface area contributed by atoms with Gasteiger partial charge in [0, 0.05) is 17.8 Å². The van der Waals surface area contributed by atoms with E-state index in [-0.39, 0.29) is 41.6 Å². The first-order chi connectivity index (χ1) is 17.4. The van der Waals surface area contributed by atoms with Gasteiger partial charge in [0.05, 0.1) is 35.8 Å². The Morgan fingerprint density at radius 1 is 1.11 bits per heavy atom. The van der Waals surface area contributed by atoms with Gasteiger partial charge in [0.2, 0.25) is 11.8 Å². The summed E-state index contributed by atoms with van der Waals surface area (Å²) in [4.78, 5) is 45.8. The Morgan fingerprint density at radius 3 is 2.61 bits per heavy atom. The summed E-state index contributed by atoms with van der Waals surface area (Å²) in [6, 6.07) is -1.02. The Labute approximate surface area is 218 Å². The average Bonchev–Trinajstić information content (AvgIpc) is 3.28. The molecule has 1 spiro atoms. The van der Waals surface area contributed by atoms with Crippen LogP contribution in [0.3, 0.4) is 0 Å². The number of thioether (sulfide) groups is 1. The number of hydrogen-bond acceptors (Lipinski definition) is 6. The molecule has 0 aromatic rings.